The van der Waals surface area contributed by atoms with E-state index in [1.165, 1.54) is 7.11 Å². The van der Waals surface area contributed by atoms with E-state index in [2.05, 4.69) is 5.10 Å². The highest BCUT2D eigenvalue weighted by Gasteiger charge is 2.20. The minimum Gasteiger partial charge on any atom is -0.493 e. The fraction of sp³-hybridized carbons (Fsp3) is 0.158. The Kier molecular flexibility index (Phi) is 4.33. The van der Waals surface area contributed by atoms with Gasteiger partial charge in [0.05, 0.1) is 19.0 Å². The second kappa shape index (κ2) is 6.58. The number of esters is 1. The molecular formula is C19H18N2O3. The fourth-order valence-electron chi connectivity index (χ4n) is 2.29. The van der Waals surface area contributed by atoms with Crippen molar-refractivity contribution in [3.05, 3.63) is 71.5 Å². The molecule has 3 rings (SSSR count). The quantitative estimate of drug-likeness (QED) is 0.543. The number of nitrogens with zero attached hydrogens (tertiary/aromatic N) is 2. The molecule has 2 aromatic carbocycles. The predicted molar refractivity (Wildman–Crippen MR) is 91.0 cm³/mol. The number of ether oxygens (including phenoxy) is 2. The maximum atomic E-state index is 12.5. The van der Waals surface area contributed by atoms with Crippen molar-refractivity contribution in [3.8, 4) is 17.2 Å². The van der Waals surface area contributed by atoms with Crippen LogP contribution in [0.4, 0.5) is 0 Å². The van der Waals surface area contributed by atoms with Gasteiger partial charge in [-0.15, -0.1) is 0 Å². The van der Waals surface area contributed by atoms with Gasteiger partial charge in [-0.1, -0.05) is 24.3 Å². The molecule has 0 unspecified atom stereocenters. The van der Waals surface area contributed by atoms with Crippen LogP contribution in [0, 0.1) is 13.8 Å². The van der Waals surface area contributed by atoms with Crippen LogP contribution in [-0.4, -0.2) is 22.9 Å². The average molecular weight is 322 g/mol. The highest BCUT2D eigenvalue weighted by molar-refractivity contribution is 5.92. The van der Waals surface area contributed by atoms with Crippen LogP contribution in [0.1, 0.15) is 21.6 Å². The Morgan fingerprint density at radius 3 is 2.46 bits per heavy atom. The van der Waals surface area contributed by atoms with Crippen molar-refractivity contribution >= 4 is 5.97 Å². The Morgan fingerprint density at radius 1 is 1.04 bits per heavy atom. The van der Waals surface area contributed by atoms with Crippen molar-refractivity contribution in [1.29, 1.82) is 0 Å². The van der Waals surface area contributed by atoms with Gasteiger partial charge >= 0.3 is 5.97 Å². The van der Waals surface area contributed by atoms with E-state index >= 15 is 0 Å². The van der Waals surface area contributed by atoms with Gasteiger partial charge in [-0.25, -0.2) is 9.48 Å². The molecule has 0 amide bonds. The molecule has 0 atom stereocenters. The summed E-state index contributed by atoms with van der Waals surface area (Å²) in [5.74, 6) is 0.303. The zero-order valence-electron chi connectivity index (χ0n) is 13.8. The molecule has 0 spiro atoms. The van der Waals surface area contributed by atoms with Gasteiger partial charge in [-0.05, 0) is 49.2 Å². The molecule has 122 valence electrons. The van der Waals surface area contributed by atoms with Gasteiger partial charge in [0.25, 0.3) is 0 Å². The number of carbonyl (C=O) groups is 1. The lowest BCUT2D eigenvalue weighted by Crippen LogP contribution is -2.11. The van der Waals surface area contributed by atoms with E-state index in [9.17, 15) is 4.79 Å². The smallest absolute Gasteiger partial charge is 0.368 e. The lowest BCUT2D eigenvalue weighted by atomic mass is 10.1. The molecule has 0 fully saturated rings. The first-order valence-corrected chi connectivity index (χ1v) is 7.57. The van der Waals surface area contributed by atoms with Crippen molar-refractivity contribution in [3.63, 3.8) is 0 Å². The molecule has 3 aromatic rings. The first-order chi connectivity index (χ1) is 11.6. The second-order valence-corrected chi connectivity index (χ2v) is 5.46. The maximum Gasteiger partial charge on any atom is 0.368 e. The predicted octanol–water partition coefficient (Wildman–Crippen LogP) is 3.72. The first kappa shape index (κ1) is 15.8. The number of aromatic nitrogens is 2. The third-order valence-corrected chi connectivity index (χ3v) is 3.80. The van der Waals surface area contributed by atoms with Crippen molar-refractivity contribution in [2.24, 2.45) is 0 Å². The van der Waals surface area contributed by atoms with E-state index in [0.717, 1.165) is 16.8 Å². The minimum absolute atomic E-state index is 0.139. The summed E-state index contributed by atoms with van der Waals surface area (Å²) in [4.78, 5) is 12.5. The van der Waals surface area contributed by atoms with Gasteiger partial charge in [0.2, 0.25) is 5.69 Å². The molecule has 0 saturated heterocycles. The van der Waals surface area contributed by atoms with E-state index in [-0.39, 0.29) is 5.69 Å². The Balaban J connectivity index is 1.89. The van der Waals surface area contributed by atoms with Crippen LogP contribution in [0.25, 0.3) is 5.69 Å². The van der Waals surface area contributed by atoms with Crippen LogP contribution in [0.2, 0.25) is 0 Å². The molecule has 1 aromatic heterocycles. The molecule has 5 heteroatoms. The molecule has 0 aliphatic carbocycles. The van der Waals surface area contributed by atoms with Crippen LogP contribution in [0.3, 0.4) is 0 Å². The molecular weight excluding hydrogens is 304 g/mol. The SMILES string of the molecule is COc1cn(-c2ccccc2)nc1C(=O)Oc1ccc(C)c(C)c1. The number of aryl methyl sites for hydroxylation is 2. The summed E-state index contributed by atoms with van der Waals surface area (Å²) in [7, 11) is 1.50. The Morgan fingerprint density at radius 2 is 1.79 bits per heavy atom. The Hall–Kier alpha value is -3.08. The van der Waals surface area contributed by atoms with Crippen LogP contribution < -0.4 is 9.47 Å². The molecule has 24 heavy (non-hydrogen) atoms. The number of carbonyl (C=O) groups excluding carboxylic acids is 1. The van der Waals surface area contributed by atoms with Crippen molar-refractivity contribution in [2.45, 2.75) is 13.8 Å². The lowest BCUT2D eigenvalue weighted by molar-refractivity contribution is 0.0724. The summed E-state index contributed by atoms with van der Waals surface area (Å²) >= 11 is 0. The maximum absolute atomic E-state index is 12.5. The molecule has 5 nitrogen and oxygen atoms in total. The van der Waals surface area contributed by atoms with Crippen LogP contribution in [-0.2, 0) is 0 Å². The summed E-state index contributed by atoms with van der Waals surface area (Å²) in [6.45, 7) is 3.98. The number of hydrogen-bond donors (Lipinski definition) is 0. The number of para-hydroxylation sites is 1. The molecule has 0 saturated carbocycles. The summed E-state index contributed by atoms with van der Waals surface area (Å²) in [6.07, 6.45) is 1.66. The molecule has 0 radical (unpaired) electrons. The first-order valence-electron chi connectivity index (χ1n) is 7.57. The molecule has 0 aliphatic heterocycles. The topological polar surface area (TPSA) is 53.4 Å². The zero-order chi connectivity index (χ0) is 17.1. The minimum atomic E-state index is -0.551. The Bertz CT molecular complexity index is 870. The summed E-state index contributed by atoms with van der Waals surface area (Å²) in [5, 5.41) is 4.30. The van der Waals surface area contributed by atoms with Crippen LogP contribution in [0.5, 0.6) is 11.5 Å². The van der Waals surface area contributed by atoms with Gasteiger partial charge in [0.15, 0.2) is 5.75 Å². The fourth-order valence-corrected chi connectivity index (χ4v) is 2.29. The van der Waals surface area contributed by atoms with E-state index < -0.39 is 5.97 Å². The van der Waals surface area contributed by atoms with E-state index in [1.807, 2.05) is 56.3 Å². The molecule has 0 bridgehead atoms. The Labute approximate surface area is 140 Å². The van der Waals surface area contributed by atoms with Crippen molar-refractivity contribution in [1.82, 2.24) is 9.78 Å². The van der Waals surface area contributed by atoms with E-state index in [0.29, 0.717) is 11.5 Å². The number of rotatable bonds is 4. The zero-order valence-corrected chi connectivity index (χ0v) is 13.8. The molecule has 0 N–H and O–H groups in total. The van der Waals surface area contributed by atoms with Gasteiger partial charge in [0, 0.05) is 0 Å². The average Bonchev–Trinajstić information content (AvgIpc) is 3.03. The highest BCUT2D eigenvalue weighted by atomic mass is 16.5. The van der Waals surface area contributed by atoms with E-state index in [4.69, 9.17) is 9.47 Å². The highest BCUT2D eigenvalue weighted by Crippen LogP contribution is 2.23. The largest absolute Gasteiger partial charge is 0.493 e. The third-order valence-electron chi connectivity index (χ3n) is 3.80. The third kappa shape index (κ3) is 3.15. The summed E-state index contributed by atoms with van der Waals surface area (Å²) in [5.41, 5.74) is 3.17. The normalized spacial score (nSPS) is 10.5. The van der Waals surface area contributed by atoms with Gasteiger partial charge in [0.1, 0.15) is 5.75 Å². The number of hydrogen-bond acceptors (Lipinski definition) is 4. The van der Waals surface area contributed by atoms with Crippen molar-refractivity contribution in [2.75, 3.05) is 7.11 Å². The number of benzene rings is 2. The van der Waals surface area contributed by atoms with Gasteiger partial charge in [-0.3, -0.25) is 0 Å². The van der Waals surface area contributed by atoms with Gasteiger partial charge in [-0.2, -0.15) is 5.10 Å². The summed E-state index contributed by atoms with van der Waals surface area (Å²) < 4.78 is 12.3. The van der Waals surface area contributed by atoms with Gasteiger partial charge < -0.3 is 9.47 Å². The van der Waals surface area contributed by atoms with E-state index in [1.54, 1.807) is 16.9 Å². The van der Waals surface area contributed by atoms with Crippen LogP contribution in [0.15, 0.2) is 54.7 Å². The van der Waals surface area contributed by atoms with Crippen molar-refractivity contribution < 1.29 is 14.3 Å². The summed E-state index contributed by atoms with van der Waals surface area (Å²) in [6, 6.07) is 15.0. The monoisotopic (exact) mass is 322 g/mol. The second-order valence-electron chi connectivity index (χ2n) is 5.46. The molecule has 1 heterocycles. The number of methoxy groups -OCH3 is 1. The standard InChI is InChI=1S/C19H18N2O3/c1-13-9-10-16(11-14(13)2)24-19(22)18-17(23-3)12-21(20-18)15-7-5-4-6-8-15/h4-12H,1-3H3. The molecule has 0 aliphatic rings. The van der Waals surface area contributed by atoms with Crippen LogP contribution >= 0.6 is 0 Å². The lowest BCUT2D eigenvalue weighted by Gasteiger charge is -2.06.